The van der Waals surface area contributed by atoms with Gasteiger partial charge in [-0.2, -0.15) is 0 Å². The van der Waals surface area contributed by atoms with Crippen LogP contribution in [0.25, 0.3) is 0 Å². The minimum atomic E-state index is 0. The van der Waals surface area contributed by atoms with Crippen LogP contribution < -0.4 is 0 Å². The Hall–Kier alpha value is -0.632. The van der Waals surface area contributed by atoms with E-state index in [0.717, 1.165) is 0 Å². The second-order valence-corrected chi connectivity index (χ2v) is 0. The van der Waals surface area contributed by atoms with Gasteiger partial charge in [-0.1, -0.05) is 0 Å². The van der Waals surface area contributed by atoms with E-state index in [2.05, 4.69) is 27.2 Å². The van der Waals surface area contributed by atoms with E-state index in [1.807, 2.05) is 0 Å². The topological polar surface area (TPSA) is 68.3 Å². The van der Waals surface area contributed by atoms with Gasteiger partial charge in [0.2, 0.25) is 0 Å². The van der Waals surface area contributed by atoms with E-state index in [1.54, 1.807) is 0 Å². The van der Waals surface area contributed by atoms with E-state index in [1.165, 1.54) is 0 Å². The molecule has 5 heteroatoms. The zero-order valence-corrected chi connectivity index (χ0v) is 7.28. The largest absolute Gasteiger partial charge is 0.545 e. The second kappa shape index (κ2) is 749. The Morgan fingerprint density at radius 2 is 0.444 bits per heavy atom. The van der Waals surface area contributed by atoms with Crippen molar-refractivity contribution in [2.24, 2.45) is 0 Å². The van der Waals surface area contributed by atoms with Crippen LogP contribution in [0.3, 0.4) is 0 Å². The molecule has 0 fully saturated rings. The van der Waals surface area contributed by atoms with Gasteiger partial charge in [-0.05, 0) is 0 Å². The van der Waals surface area contributed by atoms with Gasteiger partial charge in [0.05, 0.1) is 0 Å². The van der Waals surface area contributed by atoms with E-state index >= 15 is 0 Å². The molecule has 0 unspecified atom stereocenters. The van der Waals surface area contributed by atoms with Crippen LogP contribution in [-0.4, -0.2) is 27.2 Å². The van der Waals surface area contributed by atoms with Gasteiger partial charge in [-0.15, -0.1) is 0 Å². The standard InChI is InChI=1S/4CHO.W/c4*1-2;/h4*1H;/q4*-1;. The molecule has 0 amide bonds. The molecular formula is C4H4O4W-4. The fourth-order valence-corrected chi connectivity index (χ4v) is 0. The fourth-order valence-electron chi connectivity index (χ4n) is 0. The third-order valence-corrected chi connectivity index (χ3v) is 0. The molecule has 4 nitrogen and oxygen atoms in total. The number of carbonyl (C=O) groups excluding carboxylic acids is 4. The van der Waals surface area contributed by atoms with Crippen molar-refractivity contribution in [2.45, 2.75) is 0 Å². The van der Waals surface area contributed by atoms with E-state index < -0.39 is 0 Å². The molecule has 54 valence electrons. The molecule has 0 rings (SSSR count). The molecule has 0 saturated carbocycles. The van der Waals surface area contributed by atoms with Crippen molar-refractivity contribution in [2.75, 3.05) is 0 Å². The number of hydrogen-bond donors (Lipinski definition) is 0. The third kappa shape index (κ3) is 532. The van der Waals surface area contributed by atoms with E-state index in [0.29, 0.717) is 0 Å². The molecular weight excluding hydrogens is 296 g/mol. The Balaban J connectivity index is -0.00000000762. The first kappa shape index (κ1) is 40.0. The fraction of sp³-hybridized carbons (Fsp3) is 0. The third-order valence-electron chi connectivity index (χ3n) is 0. The summed E-state index contributed by atoms with van der Waals surface area (Å²) in [6.07, 6.45) is 0. The van der Waals surface area contributed by atoms with Crippen LogP contribution in [0, 0.1) is 0 Å². The normalized spacial score (nSPS) is 1.78. The first-order valence-electron chi connectivity index (χ1n) is 0.943. The van der Waals surface area contributed by atoms with Gasteiger partial charge in [-0.25, -0.2) is 0 Å². The van der Waals surface area contributed by atoms with Crippen LogP contribution >= 0.6 is 0 Å². The van der Waals surface area contributed by atoms with Crippen molar-refractivity contribution in [1.29, 1.82) is 0 Å². The van der Waals surface area contributed by atoms with Crippen LogP contribution in [0.4, 0.5) is 0 Å². The summed E-state index contributed by atoms with van der Waals surface area (Å²) < 4.78 is 0. The summed E-state index contributed by atoms with van der Waals surface area (Å²) in [5.74, 6) is 0. The summed E-state index contributed by atoms with van der Waals surface area (Å²) in [7, 11) is 0. The molecule has 9 heavy (non-hydrogen) atoms. The van der Waals surface area contributed by atoms with Gasteiger partial charge in [0.25, 0.3) is 0 Å². The predicted molar refractivity (Wildman–Crippen MR) is 27.0 cm³/mol. The summed E-state index contributed by atoms with van der Waals surface area (Å²) in [5.41, 5.74) is 0. The average Bonchev–Trinajstić information content (AvgIpc) is 2.03. The van der Waals surface area contributed by atoms with E-state index in [9.17, 15) is 0 Å². The summed E-state index contributed by atoms with van der Waals surface area (Å²) in [6, 6.07) is 0. The molecule has 0 radical (unpaired) electrons. The van der Waals surface area contributed by atoms with Crippen molar-refractivity contribution in [3.05, 3.63) is 0 Å². The Labute approximate surface area is 67.9 Å². The monoisotopic (exact) mass is 300 g/mol. The SMILES string of the molecule is [CH-]=O.[CH-]=O.[CH-]=O.[CH-]=O.[W]. The van der Waals surface area contributed by atoms with Crippen molar-refractivity contribution in [1.82, 2.24) is 0 Å². The van der Waals surface area contributed by atoms with Crippen LogP contribution in [-0.2, 0) is 40.2 Å². The van der Waals surface area contributed by atoms with Crippen molar-refractivity contribution in [3.63, 3.8) is 0 Å². The summed E-state index contributed by atoms with van der Waals surface area (Å²) in [5, 5.41) is 0. The summed E-state index contributed by atoms with van der Waals surface area (Å²) in [6.45, 7) is 13.0. The molecule has 0 aromatic carbocycles. The molecule has 0 N–H and O–H groups in total. The van der Waals surface area contributed by atoms with Gasteiger partial charge < -0.3 is 19.2 Å². The average molecular weight is 300 g/mol. The molecule has 0 bridgehead atoms. The van der Waals surface area contributed by atoms with Gasteiger partial charge >= 0.3 is 0 Å². The molecule has 0 atom stereocenters. The molecule has 0 saturated heterocycles. The van der Waals surface area contributed by atoms with Crippen LogP contribution in [0.5, 0.6) is 0 Å². The van der Waals surface area contributed by atoms with Gasteiger partial charge in [0.15, 0.2) is 0 Å². The predicted octanol–water partition coefficient (Wildman–Crippen LogP) is -1.10. The Kier molecular flexibility index (Phi) is 3330. The maximum absolute atomic E-state index is 7.75. The van der Waals surface area contributed by atoms with Gasteiger partial charge in [0.1, 0.15) is 0 Å². The Bertz CT molecular complexity index is 20.5. The Morgan fingerprint density at radius 1 is 0.444 bits per heavy atom. The smallest absolute Gasteiger partial charge is 0 e. The molecule has 0 aliphatic carbocycles. The minimum Gasteiger partial charge on any atom is -0.545 e. The molecule has 0 aliphatic heterocycles. The van der Waals surface area contributed by atoms with E-state index in [-0.39, 0.29) is 21.1 Å². The Morgan fingerprint density at radius 3 is 0.444 bits per heavy atom. The van der Waals surface area contributed by atoms with Crippen LogP contribution in [0.1, 0.15) is 0 Å². The maximum atomic E-state index is 7.75. The zero-order valence-electron chi connectivity index (χ0n) is 4.35. The molecule has 0 aromatic heterocycles. The molecule has 0 spiro atoms. The first-order valence-corrected chi connectivity index (χ1v) is 0.943. The summed E-state index contributed by atoms with van der Waals surface area (Å²) >= 11 is 0. The second-order valence-electron chi connectivity index (χ2n) is 0. The van der Waals surface area contributed by atoms with Crippen molar-refractivity contribution in [3.8, 4) is 0 Å². The zero-order chi connectivity index (χ0) is 8.00. The van der Waals surface area contributed by atoms with Gasteiger partial charge in [-0.3, -0.25) is 27.2 Å². The van der Waals surface area contributed by atoms with Crippen molar-refractivity contribution < 1.29 is 40.2 Å². The molecule has 0 heterocycles. The first-order chi connectivity index (χ1) is 4.00. The number of hydrogen-bond acceptors (Lipinski definition) is 4. The molecule has 0 aliphatic rings. The quantitative estimate of drug-likeness (QED) is 0.421. The minimum absolute atomic E-state index is 0. The van der Waals surface area contributed by atoms with Gasteiger partial charge in [0, 0.05) is 21.1 Å². The summed E-state index contributed by atoms with van der Waals surface area (Å²) in [4.78, 5) is 31.0. The molecule has 0 aromatic rings. The van der Waals surface area contributed by atoms with Crippen LogP contribution in [0.15, 0.2) is 0 Å². The van der Waals surface area contributed by atoms with Crippen molar-refractivity contribution >= 4 is 27.2 Å². The maximum Gasteiger partial charge on any atom is 0 e. The van der Waals surface area contributed by atoms with Crippen LogP contribution in [0.2, 0.25) is 0 Å². The van der Waals surface area contributed by atoms with E-state index in [4.69, 9.17) is 19.2 Å². The number of rotatable bonds is 0.